The van der Waals surface area contributed by atoms with Crippen LogP contribution < -0.4 is 14.2 Å². The normalized spacial score (nSPS) is 12.1. The van der Waals surface area contributed by atoms with E-state index < -0.39 is 30.2 Å². The maximum Gasteiger partial charge on any atom is 0.387 e. The van der Waals surface area contributed by atoms with Crippen molar-refractivity contribution in [2.45, 2.75) is 72.4 Å². The van der Waals surface area contributed by atoms with Gasteiger partial charge in [-0.15, -0.1) is 0 Å². The number of benzene rings is 5. The zero-order chi connectivity index (χ0) is 46.2. The van der Waals surface area contributed by atoms with Crippen molar-refractivity contribution in [3.63, 3.8) is 0 Å². The van der Waals surface area contributed by atoms with Crippen LogP contribution in [-0.4, -0.2) is 40.1 Å². The van der Waals surface area contributed by atoms with Crippen molar-refractivity contribution < 1.29 is 46.9 Å². The van der Waals surface area contributed by atoms with Crippen molar-refractivity contribution in [1.82, 2.24) is 9.78 Å². The van der Waals surface area contributed by atoms with E-state index in [-0.39, 0.29) is 24.2 Å². The third kappa shape index (κ3) is 14.3. The first kappa shape index (κ1) is 47.5. The Bertz CT molecular complexity index is 2500. The Hall–Kier alpha value is -7.53. The number of carbonyl (C=O) groups is 2. The Balaban J connectivity index is 0.000000241. The Kier molecular flexibility index (Phi) is 16.7. The summed E-state index contributed by atoms with van der Waals surface area (Å²) in [5.74, 6) is 0.643. The van der Waals surface area contributed by atoms with Gasteiger partial charge >= 0.3 is 18.6 Å². The van der Waals surface area contributed by atoms with Crippen LogP contribution in [0, 0.1) is 24.2 Å². The molecule has 1 aromatic heterocycles. The largest absolute Gasteiger partial charge is 0.457 e. The number of hydrogen-bond donors (Lipinski definition) is 0. The van der Waals surface area contributed by atoms with Crippen molar-refractivity contribution in [3.8, 4) is 34.9 Å². The second kappa shape index (κ2) is 22.5. The molecular weight excluding hydrogens is 823 g/mol. The van der Waals surface area contributed by atoms with E-state index in [1.165, 1.54) is 12.1 Å². The summed E-state index contributed by atoms with van der Waals surface area (Å²) in [4.78, 5) is 30.5. The zero-order valence-electron chi connectivity index (χ0n) is 36.6. The molecule has 64 heavy (non-hydrogen) atoms. The average molecular weight is 873 g/mol. The minimum atomic E-state index is -2.93. The number of halogens is 2. The number of nitrogens with zero attached hydrogens (tertiary/aromatic N) is 4. The van der Waals surface area contributed by atoms with Crippen LogP contribution in [0.5, 0.6) is 28.9 Å². The summed E-state index contributed by atoms with van der Waals surface area (Å²) in [5.41, 5.74) is 3.43. The van der Waals surface area contributed by atoms with E-state index >= 15 is 0 Å². The molecule has 0 saturated heterocycles. The molecule has 6 aromatic rings. The summed E-state index contributed by atoms with van der Waals surface area (Å²) in [5, 5.41) is 18.1. The molecule has 0 aliphatic carbocycles. The number of ether oxygens (including phenoxy) is 5. The van der Waals surface area contributed by atoms with Crippen LogP contribution in [0.15, 0.2) is 139 Å². The molecule has 6 rings (SSSR count). The molecule has 0 N–H and O–H groups in total. The maximum absolute atomic E-state index is 13.0. The number of aromatic nitrogens is 2. The van der Waals surface area contributed by atoms with E-state index in [0.29, 0.717) is 39.8 Å². The smallest absolute Gasteiger partial charge is 0.387 e. The van der Waals surface area contributed by atoms with E-state index in [9.17, 15) is 23.6 Å². The number of alkyl halides is 2. The first-order valence-corrected chi connectivity index (χ1v) is 20.3. The van der Waals surface area contributed by atoms with Crippen molar-refractivity contribution in [3.05, 3.63) is 167 Å². The van der Waals surface area contributed by atoms with E-state index in [4.69, 9.17) is 23.8 Å². The van der Waals surface area contributed by atoms with Crippen LogP contribution in [0.25, 0.3) is 0 Å². The van der Waals surface area contributed by atoms with Gasteiger partial charge in [-0.3, -0.25) is 4.79 Å². The molecule has 0 amide bonds. The summed E-state index contributed by atoms with van der Waals surface area (Å²) in [6.07, 6.45) is 0.454. The van der Waals surface area contributed by atoms with E-state index in [0.717, 1.165) is 16.8 Å². The molecular formula is C50H50F2N4O8. The predicted molar refractivity (Wildman–Crippen MR) is 237 cm³/mol. The lowest BCUT2D eigenvalue weighted by atomic mass is 9.88. The number of aryl methyl sites for hydroxylation is 2. The number of nitriles is 1. The fraction of sp³-hybridized carbons (Fsp3) is 0.260. The van der Waals surface area contributed by atoms with Crippen LogP contribution in [0.1, 0.15) is 84.9 Å². The molecule has 0 bridgehead atoms. The number of carbonyl (C=O) groups excluding carboxylic acids is 2. The molecule has 332 valence electrons. The highest BCUT2D eigenvalue weighted by Crippen LogP contribution is 2.32. The summed E-state index contributed by atoms with van der Waals surface area (Å²) in [6.45, 7) is 8.41. The van der Waals surface area contributed by atoms with Crippen molar-refractivity contribution in [2.24, 2.45) is 18.1 Å². The first-order chi connectivity index (χ1) is 30.6. The molecule has 0 aliphatic heterocycles. The number of hydrogen-bond acceptors (Lipinski definition) is 11. The fourth-order valence-corrected chi connectivity index (χ4v) is 6.17. The Labute approximate surface area is 371 Å². The molecule has 0 aliphatic rings. The second-order valence-corrected chi connectivity index (χ2v) is 15.7. The average Bonchev–Trinajstić information content (AvgIpc) is 3.52. The molecule has 1 heterocycles. The van der Waals surface area contributed by atoms with Crippen LogP contribution in [0.2, 0.25) is 0 Å². The molecule has 2 atom stereocenters. The van der Waals surface area contributed by atoms with E-state index in [2.05, 4.69) is 15.0 Å². The van der Waals surface area contributed by atoms with Gasteiger partial charge in [-0.2, -0.15) is 19.1 Å². The number of rotatable bonds is 16. The first-order valence-electron chi connectivity index (χ1n) is 20.3. The molecule has 0 fully saturated rings. The van der Waals surface area contributed by atoms with Crippen LogP contribution in [-0.2, 0) is 32.8 Å². The third-order valence-electron chi connectivity index (χ3n) is 9.12. The van der Waals surface area contributed by atoms with Crippen LogP contribution in [0.4, 0.5) is 8.78 Å². The lowest BCUT2D eigenvalue weighted by Gasteiger charge is -2.22. The Morgan fingerprint density at radius 3 is 1.98 bits per heavy atom. The van der Waals surface area contributed by atoms with Gasteiger partial charge in [-0.25, -0.2) is 9.48 Å². The van der Waals surface area contributed by atoms with Gasteiger partial charge in [0, 0.05) is 12.6 Å². The predicted octanol–water partition coefficient (Wildman–Crippen LogP) is 11.7. The lowest BCUT2D eigenvalue weighted by molar-refractivity contribution is -0.150. The third-order valence-corrected chi connectivity index (χ3v) is 9.12. The molecule has 12 nitrogen and oxygen atoms in total. The quantitative estimate of drug-likeness (QED) is 0.0523. The monoisotopic (exact) mass is 872 g/mol. The maximum atomic E-state index is 13.0. The zero-order valence-corrected chi connectivity index (χ0v) is 36.6. The van der Waals surface area contributed by atoms with E-state index in [1.807, 2.05) is 115 Å². The molecule has 0 radical (unpaired) electrons. The number of esters is 2. The standard InChI is InChI=1S/C26H23F2NO4.C24H27N3O4/c1-17(2)24(18-11-13-21(14-12-18)32-26(27)28)25(30)33-23(16-29)19-7-6-10-22(15-19)31-20-8-4-3-5-9-20;1-17-21(22(27(5)26-17)30-20-9-7-6-8-10-20)15-25-29-16-18-11-13-19(14-12-18)23(28)31-24(2,3)4/h3-15,17,23-24,26H,1-2H3;6-15H,16H2,1-5H3/b;25-15+/t23?,24-;/m0./s1. The molecule has 5 aromatic carbocycles. The molecule has 1 unspecified atom stereocenters. The Morgan fingerprint density at radius 1 is 0.797 bits per heavy atom. The van der Waals surface area contributed by atoms with Gasteiger partial charge in [0.2, 0.25) is 12.0 Å². The van der Waals surface area contributed by atoms with Gasteiger partial charge in [0.1, 0.15) is 41.3 Å². The van der Waals surface area contributed by atoms with Gasteiger partial charge < -0.3 is 28.5 Å². The second-order valence-electron chi connectivity index (χ2n) is 15.7. The van der Waals surface area contributed by atoms with Crippen molar-refractivity contribution in [2.75, 3.05) is 0 Å². The van der Waals surface area contributed by atoms with Gasteiger partial charge in [0.15, 0.2) is 0 Å². The van der Waals surface area contributed by atoms with Crippen molar-refractivity contribution >= 4 is 18.2 Å². The summed E-state index contributed by atoms with van der Waals surface area (Å²) in [6, 6.07) is 40.3. The highest BCUT2D eigenvalue weighted by molar-refractivity contribution is 5.89. The van der Waals surface area contributed by atoms with Crippen LogP contribution in [0.3, 0.4) is 0 Å². The summed E-state index contributed by atoms with van der Waals surface area (Å²) in [7, 11) is 1.82. The Morgan fingerprint density at radius 2 is 1.41 bits per heavy atom. The summed E-state index contributed by atoms with van der Waals surface area (Å²) < 4.78 is 53.5. The lowest BCUT2D eigenvalue weighted by Crippen LogP contribution is -2.23. The fourth-order valence-electron chi connectivity index (χ4n) is 6.17. The van der Waals surface area contributed by atoms with Gasteiger partial charge in [-0.1, -0.05) is 91.8 Å². The minimum absolute atomic E-state index is 0.00486. The van der Waals surface area contributed by atoms with Gasteiger partial charge in [0.05, 0.1) is 29.0 Å². The van der Waals surface area contributed by atoms with Gasteiger partial charge in [-0.05, 0) is 105 Å². The number of oxime groups is 1. The van der Waals surface area contributed by atoms with Gasteiger partial charge in [0.25, 0.3) is 0 Å². The highest BCUT2D eigenvalue weighted by Gasteiger charge is 2.29. The van der Waals surface area contributed by atoms with E-state index in [1.54, 1.807) is 71.6 Å². The topological polar surface area (TPSA) is 143 Å². The van der Waals surface area contributed by atoms with Crippen LogP contribution >= 0.6 is 0 Å². The molecule has 14 heteroatoms. The highest BCUT2D eigenvalue weighted by atomic mass is 19.3. The van der Waals surface area contributed by atoms with Crippen molar-refractivity contribution in [1.29, 1.82) is 5.26 Å². The molecule has 0 saturated carbocycles. The number of para-hydroxylation sites is 2. The SMILES string of the molecule is CC(C)[C@H](C(=O)OC(C#N)c1cccc(Oc2ccccc2)c1)c1ccc(OC(F)F)cc1.Cc1nn(C)c(Oc2ccccc2)c1/C=N/OCc1ccc(C(=O)OC(C)(C)C)cc1. The minimum Gasteiger partial charge on any atom is -0.457 e. The summed E-state index contributed by atoms with van der Waals surface area (Å²) >= 11 is 0. The molecule has 0 spiro atoms.